The Morgan fingerprint density at radius 3 is 2.67 bits per heavy atom. The maximum atomic E-state index is 12.2. The van der Waals surface area contributed by atoms with Gasteiger partial charge in [0.25, 0.3) is 0 Å². The number of nitrogens with zero attached hydrogens (tertiary/aromatic N) is 2. The van der Waals surface area contributed by atoms with Crippen LogP contribution in [0.3, 0.4) is 0 Å². The monoisotopic (exact) mass is 395 g/mol. The number of benzene rings is 1. The lowest BCUT2D eigenvalue weighted by Crippen LogP contribution is -2.57. The fourth-order valence-electron chi connectivity index (χ4n) is 3.00. The molecule has 0 bridgehead atoms. The summed E-state index contributed by atoms with van der Waals surface area (Å²) < 4.78 is 29.5. The van der Waals surface area contributed by atoms with Crippen LogP contribution in [-0.2, 0) is 21.2 Å². The number of aliphatic imine (C=N–C) groups is 1. The Kier molecular flexibility index (Phi) is 7.68. The van der Waals surface area contributed by atoms with Crippen LogP contribution in [0.4, 0.5) is 0 Å². The first-order chi connectivity index (χ1) is 12.7. The second-order valence-corrected chi connectivity index (χ2v) is 10.5. The fourth-order valence-corrected chi connectivity index (χ4v) is 4.36. The summed E-state index contributed by atoms with van der Waals surface area (Å²) in [5.74, 6) is 1.24. The highest BCUT2D eigenvalue weighted by Gasteiger charge is 2.40. The van der Waals surface area contributed by atoms with E-state index in [1.807, 2.05) is 25.1 Å². The maximum absolute atomic E-state index is 12.2. The number of guanidine groups is 1. The Morgan fingerprint density at radius 1 is 1.33 bits per heavy atom. The molecule has 1 fully saturated rings. The largest absolute Gasteiger partial charge is 0.376 e. The highest BCUT2D eigenvalue weighted by Crippen LogP contribution is 2.23. The van der Waals surface area contributed by atoms with E-state index in [1.165, 1.54) is 5.56 Å². The van der Waals surface area contributed by atoms with Crippen LogP contribution in [-0.4, -0.2) is 62.6 Å². The Morgan fingerprint density at radius 2 is 2.04 bits per heavy atom. The third-order valence-electron chi connectivity index (χ3n) is 4.74. The molecule has 6 nitrogen and oxygen atoms in total. The Labute approximate surface area is 163 Å². The van der Waals surface area contributed by atoms with Crippen molar-refractivity contribution in [2.75, 3.05) is 38.5 Å². The lowest BCUT2D eigenvalue weighted by atomic mass is 10.2. The van der Waals surface area contributed by atoms with Crippen LogP contribution in [0.2, 0.25) is 0 Å². The van der Waals surface area contributed by atoms with Gasteiger partial charge in [-0.15, -0.1) is 0 Å². The number of rotatable bonds is 7. The van der Waals surface area contributed by atoms with Crippen LogP contribution >= 0.6 is 0 Å². The summed E-state index contributed by atoms with van der Waals surface area (Å²) in [4.78, 5) is 6.79. The molecule has 0 spiro atoms. The smallest absolute Gasteiger partial charge is 0.194 e. The van der Waals surface area contributed by atoms with E-state index in [0.29, 0.717) is 32.8 Å². The summed E-state index contributed by atoms with van der Waals surface area (Å²) in [6.07, 6.45) is 0. The molecular weight excluding hydrogens is 362 g/mol. The van der Waals surface area contributed by atoms with Crippen LogP contribution in [0, 0.1) is 5.92 Å². The third-order valence-corrected chi connectivity index (χ3v) is 7.28. The summed E-state index contributed by atoms with van der Waals surface area (Å²) in [6.45, 7) is 11.3. The molecular formula is C20H33N3O3S. The second kappa shape index (κ2) is 9.55. The minimum absolute atomic E-state index is 0.167. The zero-order valence-corrected chi connectivity index (χ0v) is 17.8. The van der Waals surface area contributed by atoms with Crippen molar-refractivity contribution in [2.45, 2.75) is 39.0 Å². The minimum Gasteiger partial charge on any atom is -0.376 e. The van der Waals surface area contributed by atoms with Crippen LogP contribution in [0.1, 0.15) is 33.3 Å². The Bertz CT molecular complexity index is 717. The fraction of sp³-hybridized carbons (Fsp3) is 0.650. The third kappa shape index (κ3) is 6.21. The van der Waals surface area contributed by atoms with E-state index < -0.39 is 14.6 Å². The molecule has 152 valence electrons. The average molecular weight is 396 g/mol. The Hall–Kier alpha value is -1.60. The van der Waals surface area contributed by atoms with E-state index in [2.05, 4.69) is 29.3 Å². The van der Waals surface area contributed by atoms with Gasteiger partial charge < -0.3 is 15.0 Å². The van der Waals surface area contributed by atoms with Gasteiger partial charge in [0.05, 0.1) is 23.7 Å². The van der Waals surface area contributed by atoms with Gasteiger partial charge in [0.2, 0.25) is 0 Å². The van der Waals surface area contributed by atoms with Gasteiger partial charge in [0, 0.05) is 26.2 Å². The number of sulfone groups is 1. The summed E-state index contributed by atoms with van der Waals surface area (Å²) in [6, 6.07) is 10.1. The highest BCUT2D eigenvalue weighted by molar-refractivity contribution is 7.92. The highest BCUT2D eigenvalue weighted by atomic mass is 32.2. The van der Waals surface area contributed by atoms with Gasteiger partial charge in [-0.05, 0) is 32.3 Å². The van der Waals surface area contributed by atoms with E-state index in [-0.39, 0.29) is 11.7 Å². The van der Waals surface area contributed by atoms with Crippen LogP contribution in [0.15, 0.2) is 35.3 Å². The SMILES string of the molecule is CCNC(=NCC(C)COCc1ccccc1)N1CCS(=O)(=O)C(C)(C)C1. The Balaban J connectivity index is 1.89. The number of ether oxygens (including phenoxy) is 1. The molecule has 1 aromatic rings. The van der Waals surface area contributed by atoms with Crippen molar-refractivity contribution in [3.8, 4) is 0 Å². The van der Waals surface area contributed by atoms with Gasteiger partial charge in [-0.2, -0.15) is 0 Å². The summed E-state index contributed by atoms with van der Waals surface area (Å²) in [5.41, 5.74) is 1.17. The zero-order valence-electron chi connectivity index (χ0n) is 16.9. The number of nitrogens with one attached hydrogen (secondary N) is 1. The zero-order chi connectivity index (χ0) is 19.9. The first kappa shape index (κ1) is 21.7. The number of hydrogen-bond acceptors (Lipinski definition) is 4. The first-order valence-corrected chi connectivity index (χ1v) is 11.3. The molecule has 1 unspecified atom stereocenters. The van der Waals surface area contributed by atoms with E-state index in [0.717, 1.165) is 12.5 Å². The van der Waals surface area contributed by atoms with Crippen molar-refractivity contribution in [2.24, 2.45) is 10.9 Å². The molecule has 0 saturated carbocycles. The molecule has 0 radical (unpaired) electrons. The average Bonchev–Trinajstić information content (AvgIpc) is 2.62. The van der Waals surface area contributed by atoms with E-state index >= 15 is 0 Å². The molecule has 0 amide bonds. The topological polar surface area (TPSA) is 71.0 Å². The molecule has 1 aromatic carbocycles. The first-order valence-electron chi connectivity index (χ1n) is 9.62. The van der Waals surface area contributed by atoms with E-state index in [9.17, 15) is 8.42 Å². The summed E-state index contributed by atoms with van der Waals surface area (Å²) in [7, 11) is -3.06. The van der Waals surface area contributed by atoms with Gasteiger partial charge in [-0.25, -0.2) is 8.42 Å². The van der Waals surface area contributed by atoms with Gasteiger partial charge >= 0.3 is 0 Å². The molecule has 1 aliphatic rings. The van der Waals surface area contributed by atoms with Crippen LogP contribution in [0.5, 0.6) is 0 Å². The molecule has 1 saturated heterocycles. The van der Waals surface area contributed by atoms with Crippen molar-refractivity contribution >= 4 is 15.8 Å². The standard InChI is InChI=1S/C20H33N3O3S/c1-5-21-19(23-11-12-27(24,25)20(3,4)16-23)22-13-17(2)14-26-15-18-9-7-6-8-10-18/h6-10,17H,5,11-16H2,1-4H3,(H,21,22). The number of hydrogen-bond donors (Lipinski definition) is 1. The molecule has 1 aliphatic heterocycles. The molecule has 2 rings (SSSR count). The van der Waals surface area contributed by atoms with Gasteiger partial charge in [-0.1, -0.05) is 37.3 Å². The van der Waals surface area contributed by atoms with Gasteiger partial charge in [0.1, 0.15) is 0 Å². The molecule has 0 aromatic heterocycles. The molecule has 1 heterocycles. The van der Waals surface area contributed by atoms with Gasteiger partial charge in [0.15, 0.2) is 15.8 Å². The summed E-state index contributed by atoms with van der Waals surface area (Å²) >= 11 is 0. The lowest BCUT2D eigenvalue weighted by molar-refractivity contribution is 0.0944. The predicted molar refractivity (Wildman–Crippen MR) is 111 cm³/mol. The normalized spacial score (nSPS) is 20.3. The summed E-state index contributed by atoms with van der Waals surface area (Å²) in [5, 5.41) is 3.30. The van der Waals surface area contributed by atoms with E-state index in [4.69, 9.17) is 9.73 Å². The van der Waals surface area contributed by atoms with Crippen molar-refractivity contribution < 1.29 is 13.2 Å². The molecule has 1 N–H and O–H groups in total. The molecule has 1 atom stereocenters. The molecule has 27 heavy (non-hydrogen) atoms. The van der Waals surface area contributed by atoms with Crippen LogP contribution < -0.4 is 5.32 Å². The van der Waals surface area contributed by atoms with Crippen molar-refractivity contribution in [1.29, 1.82) is 0 Å². The van der Waals surface area contributed by atoms with Gasteiger partial charge in [-0.3, -0.25) is 4.99 Å². The van der Waals surface area contributed by atoms with Crippen molar-refractivity contribution in [3.05, 3.63) is 35.9 Å². The quantitative estimate of drug-likeness (QED) is 0.567. The van der Waals surface area contributed by atoms with E-state index in [1.54, 1.807) is 13.8 Å². The maximum Gasteiger partial charge on any atom is 0.194 e. The molecule has 0 aliphatic carbocycles. The predicted octanol–water partition coefficient (Wildman–Crippen LogP) is 2.31. The van der Waals surface area contributed by atoms with Crippen molar-refractivity contribution in [1.82, 2.24) is 10.2 Å². The molecule has 7 heteroatoms. The second-order valence-electron chi connectivity index (χ2n) is 7.80. The minimum atomic E-state index is -3.06. The van der Waals surface area contributed by atoms with Crippen molar-refractivity contribution in [3.63, 3.8) is 0 Å². The van der Waals surface area contributed by atoms with Crippen LogP contribution in [0.25, 0.3) is 0 Å². The lowest BCUT2D eigenvalue weighted by Gasteiger charge is -2.39.